The molecule has 2 heterocycles. The summed E-state index contributed by atoms with van der Waals surface area (Å²) in [5, 5.41) is 0. The molecule has 1 atom stereocenters. The Bertz CT molecular complexity index is 872. The molecular formula is C24H31N3O2. The standard InChI is InChI=1S/C24H31N3O2/c1-4-24(14-9-15-25)16-20(19-10-7-8-11-22(19)29-24)18-12-13-21(26-17-18)23(28)27(5-2)6-3/h7-8,10-13,16-17H,4-6,9,14-15,25H2,1-3H3. The molecule has 0 spiro atoms. The van der Waals surface area contributed by atoms with E-state index in [0.29, 0.717) is 25.3 Å². The highest BCUT2D eigenvalue weighted by Crippen LogP contribution is 2.42. The van der Waals surface area contributed by atoms with Crippen molar-refractivity contribution in [2.24, 2.45) is 5.73 Å². The van der Waals surface area contributed by atoms with E-state index in [0.717, 1.165) is 41.7 Å². The number of amides is 1. The molecule has 5 heteroatoms. The van der Waals surface area contributed by atoms with Gasteiger partial charge >= 0.3 is 0 Å². The fourth-order valence-electron chi connectivity index (χ4n) is 3.83. The van der Waals surface area contributed by atoms with E-state index in [9.17, 15) is 4.79 Å². The number of pyridine rings is 1. The van der Waals surface area contributed by atoms with Crippen LogP contribution in [0.4, 0.5) is 0 Å². The number of benzene rings is 1. The molecule has 2 aromatic rings. The lowest BCUT2D eigenvalue weighted by Crippen LogP contribution is -2.36. The van der Waals surface area contributed by atoms with E-state index < -0.39 is 0 Å². The highest BCUT2D eigenvalue weighted by molar-refractivity contribution is 5.93. The molecule has 0 aliphatic carbocycles. The number of nitrogens with zero attached hydrogens (tertiary/aromatic N) is 2. The quantitative estimate of drug-likeness (QED) is 0.727. The number of para-hydroxylation sites is 1. The number of rotatable bonds is 8. The van der Waals surface area contributed by atoms with Gasteiger partial charge in [0, 0.05) is 30.4 Å². The molecule has 154 valence electrons. The number of hydrogen-bond donors (Lipinski definition) is 1. The van der Waals surface area contributed by atoms with Crippen LogP contribution in [-0.2, 0) is 0 Å². The summed E-state index contributed by atoms with van der Waals surface area (Å²) >= 11 is 0. The monoisotopic (exact) mass is 393 g/mol. The lowest BCUT2D eigenvalue weighted by molar-refractivity contribution is 0.0767. The molecule has 29 heavy (non-hydrogen) atoms. The van der Waals surface area contributed by atoms with Crippen LogP contribution in [0.15, 0.2) is 48.7 Å². The van der Waals surface area contributed by atoms with Crippen LogP contribution < -0.4 is 10.5 Å². The largest absolute Gasteiger partial charge is 0.483 e. The highest BCUT2D eigenvalue weighted by atomic mass is 16.5. The number of ether oxygens (including phenoxy) is 1. The first-order valence-corrected chi connectivity index (χ1v) is 10.5. The first-order valence-electron chi connectivity index (χ1n) is 10.5. The number of hydrogen-bond acceptors (Lipinski definition) is 4. The predicted octanol–water partition coefficient (Wildman–Crippen LogP) is 4.28. The van der Waals surface area contributed by atoms with Crippen LogP contribution in [0.25, 0.3) is 5.57 Å². The molecule has 1 aliphatic rings. The molecule has 1 aliphatic heterocycles. The second kappa shape index (κ2) is 9.23. The summed E-state index contributed by atoms with van der Waals surface area (Å²) in [6.07, 6.45) is 6.64. The Morgan fingerprint density at radius 1 is 1.14 bits per heavy atom. The van der Waals surface area contributed by atoms with Gasteiger partial charge in [0.25, 0.3) is 5.91 Å². The second-order valence-electron chi connectivity index (χ2n) is 7.38. The number of carbonyl (C=O) groups is 1. The van der Waals surface area contributed by atoms with Gasteiger partial charge in [-0.3, -0.25) is 9.78 Å². The topological polar surface area (TPSA) is 68.5 Å². The van der Waals surface area contributed by atoms with E-state index in [4.69, 9.17) is 10.5 Å². The van der Waals surface area contributed by atoms with E-state index in [1.807, 2.05) is 44.2 Å². The minimum atomic E-state index is -0.376. The predicted molar refractivity (Wildman–Crippen MR) is 117 cm³/mol. The van der Waals surface area contributed by atoms with Crippen LogP contribution in [0.5, 0.6) is 5.75 Å². The summed E-state index contributed by atoms with van der Waals surface area (Å²) in [5.74, 6) is 0.848. The molecule has 3 rings (SSSR count). The van der Waals surface area contributed by atoms with Crippen LogP contribution in [0.2, 0.25) is 0 Å². The summed E-state index contributed by atoms with van der Waals surface area (Å²) in [6.45, 7) is 8.09. The van der Waals surface area contributed by atoms with Crippen molar-refractivity contribution in [3.63, 3.8) is 0 Å². The highest BCUT2D eigenvalue weighted by Gasteiger charge is 2.33. The lowest BCUT2D eigenvalue weighted by atomic mass is 9.84. The van der Waals surface area contributed by atoms with E-state index in [2.05, 4.69) is 24.1 Å². The fraction of sp³-hybridized carbons (Fsp3) is 0.417. The Kier molecular flexibility index (Phi) is 6.70. The number of fused-ring (bicyclic) bond motifs is 1. The van der Waals surface area contributed by atoms with Gasteiger partial charge in [0.05, 0.1) is 0 Å². The molecule has 2 N–H and O–H groups in total. The Balaban J connectivity index is 2.00. The smallest absolute Gasteiger partial charge is 0.272 e. The summed E-state index contributed by atoms with van der Waals surface area (Å²) in [6, 6.07) is 11.9. The number of aromatic nitrogens is 1. The fourth-order valence-corrected chi connectivity index (χ4v) is 3.83. The van der Waals surface area contributed by atoms with Gasteiger partial charge in [-0.1, -0.05) is 31.2 Å². The molecule has 1 unspecified atom stereocenters. The maximum Gasteiger partial charge on any atom is 0.272 e. The SMILES string of the molecule is CCN(CC)C(=O)c1ccc(C2=CC(CC)(CCCN)Oc3ccccc32)cn1. The molecule has 1 amide bonds. The third kappa shape index (κ3) is 4.35. The van der Waals surface area contributed by atoms with Crippen molar-refractivity contribution in [1.29, 1.82) is 0 Å². The molecule has 1 aromatic carbocycles. The van der Waals surface area contributed by atoms with Crippen molar-refractivity contribution >= 4 is 11.5 Å². The third-order valence-corrected chi connectivity index (χ3v) is 5.64. The Morgan fingerprint density at radius 3 is 2.52 bits per heavy atom. The zero-order valence-electron chi connectivity index (χ0n) is 17.6. The van der Waals surface area contributed by atoms with Crippen LogP contribution >= 0.6 is 0 Å². The summed E-state index contributed by atoms with van der Waals surface area (Å²) in [5.41, 5.74) is 9.00. The molecule has 0 saturated carbocycles. The van der Waals surface area contributed by atoms with Gasteiger partial charge in [-0.2, -0.15) is 0 Å². The Labute approximate surface area is 173 Å². The average Bonchev–Trinajstić information content (AvgIpc) is 2.78. The number of nitrogens with two attached hydrogens (primary N) is 1. The van der Waals surface area contributed by atoms with Gasteiger partial charge in [0.2, 0.25) is 0 Å². The van der Waals surface area contributed by atoms with Crippen LogP contribution in [-0.4, -0.2) is 41.0 Å². The van der Waals surface area contributed by atoms with Crippen LogP contribution in [0, 0.1) is 0 Å². The number of carbonyl (C=O) groups excluding carboxylic acids is 1. The third-order valence-electron chi connectivity index (χ3n) is 5.64. The van der Waals surface area contributed by atoms with Crippen LogP contribution in [0.3, 0.4) is 0 Å². The van der Waals surface area contributed by atoms with Gasteiger partial charge < -0.3 is 15.4 Å². The maximum absolute atomic E-state index is 12.6. The van der Waals surface area contributed by atoms with Crippen molar-refractivity contribution < 1.29 is 9.53 Å². The normalized spacial score (nSPS) is 17.9. The van der Waals surface area contributed by atoms with Gasteiger partial charge in [0.1, 0.15) is 17.0 Å². The van der Waals surface area contributed by atoms with Crippen molar-refractivity contribution in [2.45, 2.75) is 45.6 Å². The first-order chi connectivity index (χ1) is 14.1. The first kappa shape index (κ1) is 21.1. The van der Waals surface area contributed by atoms with E-state index in [1.54, 1.807) is 11.1 Å². The summed E-state index contributed by atoms with van der Waals surface area (Å²) < 4.78 is 6.43. The zero-order valence-corrected chi connectivity index (χ0v) is 17.6. The van der Waals surface area contributed by atoms with Crippen molar-refractivity contribution in [1.82, 2.24) is 9.88 Å². The van der Waals surface area contributed by atoms with Crippen molar-refractivity contribution in [2.75, 3.05) is 19.6 Å². The Morgan fingerprint density at radius 2 is 1.90 bits per heavy atom. The van der Waals surface area contributed by atoms with Gasteiger partial charge in [-0.25, -0.2) is 0 Å². The lowest BCUT2D eigenvalue weighted by Gasteiger charge is -2.36. The second-order valence-corrected chi connectivity index (χ2v) is 7.38. The zero-order chi connectivity index (χ0) is 20.9. The average molecular weight is 394 g/mol. The maximum atomic E-state index is 12.6. The summed E-state index contributed by atoms with van der Waals surface area (Å²) in [4.78, 5) is 18.8. The van der Waals surface area contributed by atoms with Gasteiger partial charge in [-0.05, 0) is 63.4 Å². The summed E-state index contributed by atoms with van der Waals surface area (Å²) in [7, 11) is 0. The van der Waals surface area contributed by atoms with Gasteiger partial charge in [0.15, 0.2) is 0 Å². The van der Waals surface area contributed by atoms with E-state index in [1.165, 1.54) is 0 Å². The molecule has 0 bridgehead atoms. The molecule has 0 saturated heterocycles. The van der Waals surface area contributed by atoms with E-state index >= 15 is 0 Å². The molecule has 5 nitrogen and oxygen atoms in total. The molecule has 0 radical (unpaired) electrons. The van der Waals surface area contributed by atoms with Crippen molar-refractivity contribution in [3.8, 4) is 5.75 Å². The molecule has 1 aromatic heterocycles. The van der Waals surface area contributed by atoms with E-state index in [-0.39, 0.29) is 11.5 Å². The Hall–Kier alpha value is -2.66. The minimum absolute atomic E-state index is 0.0336. The van der Waals surface area contributed by atoms with Gasteiger partial charge in [-0.15, -0.1) is 0 Å². The molecular weight excluding hydrogens is 362 g/mol. The molecule has 0 fully saturated rings. The minimum Gasteiger partial charge on any atom is -0.483 e. The van der Waals surface area contributed by atoms with Crippen molar-refractivity contribution in [3.05, 3.63) is 65.5 Å². The van der Waals surface area contributed by atoms with Crippen LogP contribution in [0.1, 0.15) is 61.6 Å².